The first kappa shape index (κ1) is 32.2. The van der Waals surface area contributed by atoms with Gasteiger partial charge in [0.1, 0.15) is 0 Å². The van der Waals surface area contributed by atoms with E-state index in [0.717, 1.165) is 44.9 Å². The van der Waals surface area contributed by atoms with Gasteiger partial charge >= 0.3 is 29.6 Å². The topological polar surface area (TPSA) is 147 Å². The van der Waals surface area contributed by atoms with E-state index in [0.29, 0.717) is 18.8 Å². The molecule has 0 spiro atoms. The zero-order valence-electron chi connectivity index (χ0n) is 23.3. The molecule has 4 saturated carbocycles. The summed E-state index contributed by atoms with van der Waals surface area (Å²) in [5.74, 6) is 1.02. The SMILES string of the molecule is C[C@H](CC[C@@H](O)[C@@H](C)COS(=O)(=O)[O-])[C@H]1CC[C@H]2[C@@H]3[C@H](O)C[C@@H]4C[C@H](O)CC[C@]4(C)[C@H]3C[C@H](O)[C@]12C.[Na+]. The van der Waals surface area contributed by atoms with E-state index in [4.69, 9.17) is 0 Å². The van der Waals surface area contributed by atoms with Crippen LogP contribution in [0.5, 0.6) is 0 Å². The van der Waals surface area contributed by atoms with E-state index in [1.54, 1.807) is 6.92 Å². The molecule has 0 bridgehead atoms. The van der Waals surface area contributed by atoms with Gasteiger partial charge in [0.2, 0.25) is 10.4 Å². The number of hydrogen-bond acceptors (Lipinski definition) is 8. The van der Waals surface area contributed by atoms with Crippen LogP contribution in [0.15, 0.2) is 0 Å². The van der Waals surface area contributed by atoms with Crippen LogP contribution in [0.2, 0.25) is 0 Å². The molecule has 0 aromatic carbocycles. The number of hydrogen-bond donors (Lipinski definition) is 4. The second-order valence-electron chi connectivity index (χ2n) is 13.3. The molecule has 210 valence electrons. The average molecular weight is 555 g/mol. The van der Waals surface area contributed by atoms with E-state index in [-0.39, 0.29) is 82.7 Å². The van der Waals surface area contributed by atoms with Gasteiger partial charge in [0.25, 0.3) is 0 Å². The summed E-state index contributed by atoms with van der Waals surface area (Å²) in [5, 5.41) is 43.9. The van der Waals surface area contributed by atoms with Crippen molar-refractivity contribution in [2.24, 2.45) is 52.3 Å². The molecule has 4 rings (SSSR count). The van der Waals surface area contributed by atoms with Crippen molar-refractivity contribution >= 4 is 10.4 Å². The molecule has 13 atom stereocenters. The largest absolute Gasteiger partial charge is 1.00 e. The van der Waals surface area contributed by atoms with Crippen molar-refractivity contribution < 1.29 is 67.1 Å². The summed E-state index contributed by atoms with van der Waals surface area (Å²) in [6.07, 6.45) is 5.19. The molecule has 0 unspecified atom stereocenters. The second-order valence-corrected chi connectivity index (χ2v) is 14.4. The third-order valence-corrected chi connectivity index (χ3v) is 12.0. The van der Waals surface area contributed by atoms with Gasteiger partial charge in [-0.05, 0) is 104 Å². The van der Waals surface area contributed by atoms with Gasteiger partial charge in [-0.25, -0.2) is 8.42 Å². The Kier molecular flexibility index (Phi) is 10.4. The van der Waals surface area contributed by atoms with Crippen molar-refractivity contribution in [1.29, 1.82) is 0 Å². The summed E-state index contributed by atoms with van der Waals surface area (Å²) in [6, 6.07) is 0. The molecule has 0 aromatic rings. The van der Waals surface area contributed by atoms with Crippen LogP contribution < -0.4 is 29.6 Å². The summed E-state index contributed by atoms with van der Waals surface area (Å²) in [5.41, 5.74) is -0.246. The molecule has 0 radical (unpaired) electrons. The molecule has 0 aliphatic heterocycles. The quantitative estimate of drug-likeness (QED) is 0.184. The van der Waals surface area contributed by atoms with E-state index in [2.05, 4.69) is 25.0 Å². The van der Waals surface area contributed by atoms with Gasteiger partial charge < -0.3 is 25.0 Å². The molecule has 8 nitrogen and oxygen atoms in total. The van der Waals surface area contributed by atoms with Crippen LogP contribution in [0.25, 0.3) is 0 Å². The van der Waals surface area contributed by atoms with Crippen molar-refractivity contribution in [3.63, 3.8) is 0 Å². The Balaban J connectivity index is 0.00000380. The van der Waals surface area contributed by atoms with Gasteiger partial charge in [0.05, 0.1) is 31.0 Å². The van der Waals surface area contributed by atoms with Crippen molar-refractivity contribution in [2.45, 2.75) is 110 Å². The van der Waals surface area contributed by atoms with Crippen molar-refractivity contribution in [3.05, 3.63) is 0 Å². The van der Waals surface area contributed by atoms with Crippen LogP contribution in [-0.2, 0) is 14.6 Å². The van der Waals surface area contributed by atoms with Crippen LogP contribution >= 0.6 is 0 Å². The maximum atomic E-state index is 11.7. The fourth-order valence-corrected chi connectivity index (χ4v) is 9.73. The summed E-state index contributed by atoms with van der Waals surface area (Å²) in [7, 11) is -4.78. The van der Waals surface area contributed by atoms with E-state index in [1.807, 2.05) is 0 Å². The first-order chi connectivity index (χ1) is 16.7. The Labute approximate surface area is 245 Å². The Hall–Kier alpha value is 0.710. The summed E-state index contributed by atoms with van der Waals surface area (Å²) in [4.78, 5) is 0. The average Bonchev–Trinajstić information content (AvgIpc) is 3.15. The molecule has 4 fully saturated rings. The van der Waals surface area contributed by atoms with Gasteiger partial charge in [-0.15, -0.1) is 0 Å². The molecule has 10 heteroatoms. The van der Waals surface area contributed by atoms with Gasteiger partial charge in [-0.3, -0.25) is 4.18 Å². The molecule has 0 saturated heterocycles. The van der Waals surface area contributed by atoms with Crippen LogP contribution in [0, 0.1) is 52.3 Å². The summed E-state index contributed by atoms with van der Waals surface area (Å²) < 4.78 is 36.5. The zero-order valence-corrected chi connectivity index (χ0v) is 26.1. The first-order valence-corrected chi connectivity index (χ1v) is 15.3. The molecule has 0 aromatic heterocycles. The Morgan fingerprint density at radius 3 is 2.32 bits per heavy atom. The molecule has 4 N–H and O–H groups in total. The molecule has 4 aliphatic rings. The molecule has 0 heterocycles. The molecular formula is C27H47NaO8S. The number of rotatable bonds is 8. The minimum atomic E-state index is -4.78. The van der Waals surface area contributed by atoms with Crippen molar-refractivity contribution in [2.75, 3.05) is 6.61 Å². The predicted octanol–water partition coefficient (Wildman–Crippen LogP) is -0.158. The third-order valence-electron chi connectivity index (χ3n) is 11.6. The van der Waals surface area contributed by atoms with Gasteiger partial charge in [0, 0.05) is 5.92 Å². The summed E-state index contributed by atoms with van der Waals surface area (Å²) >= 11 is 0. The van der Waals surface area contributed by atoms with Crippen molar-refractivity contribution in [1.82, 2.24) is 0 Å². The van der Waals surface area contributed by atoms with E-state index >= 15 is 0 Å². The minimum absolute atomic E-state index is 0. The maximum absolute atomic E-state index is 11.7. The van der Waals surface area contributed by atoms with E-state index in [1.165, 1.54) is 0 Å². The van der Waals surface area contributed by atoms with Crippen LogP contribution in [0.3, 0.4) is 0 Å². The maximum Gasteiger partial charge on any atom is 1.00 e. The monoisotopic (exact) mass is 554 g/mol. The third kappa shape index (κ3) is 6.16. The van der Waals surface area contributed by atoms with Crippen LogP contribution in [0.4, 0.5) is 0 Å². The molecular weight excluding hydrogens is 507 g/mol. The van der Waals surface area contributed by atoms with Crippen LogP contribution in [0.1, 0.15) is 85.5 Å². The Bertz CT molecular complexity index is 888. The predicted molar refractivity (Wildman–Crippen MR) is 133 cm³/mol. The molecule has 4 aliphatic carbocycles. The fourth-order valence-electron chi connectivity index (χ4n) is 9.35. The summed E-state index contributed by atoms with van der Waals surface area (Å²) in [6.45, 7) is 8.05. The van der Waals surface area contributed by atoms with Crippen molar-refractivity contribution in [3.8, 4) is 0 Å². The molecule has 0 amide bonds. The standard InChI is InChI=1S/C27H48O8S.Na/c1-15(5-8-22(29)16(2)14-35-36(32,33)34)19-6-7-20-25-21(13-24(31)27(19,20)4)26(3)10-9-18(28)11-17(26)12-23(25)30;/h15-25,28-31H,5-14H2,1-4H3,(H,32,33,34);/q;+1/p-1/t15-,16+,17+,18-,19-,20+,21+,22-,23-,24+,25+,26+,27-;/m1./s1. The number of fused-ring (bicyclic) bond motifs is 5. The Morgan fingerprint density at radius 1 is 1.00 bits per heavy atom. The zero-order chi connectivity index (χ0) is 26.6. The number of aliphatic hydroxyl groups is 4. The fraction of sp³-hybridized carbons (Fsp3) is 1.00. The smallest absolute Gasteiger partial charge is 0.726 e. The Morgan fingerprint density at radius 2 is 1.68 bits per heavy atom. The minimum Gasteiger partial charge on any atom is -0.726 e. The molecule has 37 heavy (non-hydrogen) atoms. The van der Waals surface area contributed by atoms with Gasteiger partial charge in [-0.2, -0.15) is 0 Å². The normalized spacial score (nSPS) is 46.1. The van der Waals surface area contributed by atoms with Gasteiger partial charge in [0.15, 0.2) is 0 Å². The number of aliphatic hydroxyl groups excluding tert-OH is 4. The first-order valence-electron chi connectivity index (χ1n) is 14.0. The van der Waals surface area contributed by atoms with E-state index in [9.17, 15) is 33.4 Å². The van der Waals surface area contributed by atoms with Crippen LogP contribution in [-0.4, -0.2) is 64.4 Å². The van der Waals surface area contributed by atoms with Gasteiger partial charge in [-0.1, -0.05) is 27.7 Å². The van der Waals surface area contributed by atoms with E-state index < -0.39 is 34.6 Å². The second kappa shape index (κ2) is 11.9.